The molecule has 0 spiro atoms. The maximum Gasteiger partial charge on any atom is 0.125 e. The number of halogens is 1. The normalized spacial score (nSPS) is 10.5. The van der Waals surface area contributed by atoms with Gasteiger partial charge in [0.1, 0.15) is 6.17 Å². The van der Waals surface area contributed by atoms with E-state index in [9.17, 15) is 4.39 Å². The molecule has 0 heterocycles. The predicted molar refractivity (Wildman–Crippen MR) is 32.7 cm³/mol. The molecule has 0 fully saturated rings. The molecule has 0 saturated heterocycles. The van der Waals surface area contributed by atoms with Crippen LogP contribution in [0.3, 0.4) is 0 Å². The molecule has 50 valence electrons. The molecule has 2 nitrogen and oxygen atoms in total. The molecule has 0 aliphatic rings. The number of hydrogen-bond donors (Lipinski definition) is 2. The standard InChI is InChI=1S/C5H13FN2/c1-7-3-5(6)4-8-2/h5,7-8H,3-4H2,1-2H3. The van der Waals surface area contributed by atoms with Crippen LogP contribution in [0.25, 0.3) is 0 Å². The SMILES string of the molecule is CNCC(F)CNC. The maximum absolute atomic E-state index is 12.3. The highest BCUT2D eigenvalue weighted by Gasteiger charge is 1.99. The number of rotatable bonds is 4. The molecule has 0 aliphatic heterocycles. The lowest BCUT2D eigenvalue weighted by atomic mass is 10.4. The molecule has 0 bridgehead atoms. The average molecular weight is 120 g/mol. The Hall–Kier alpha value is -0.150. The molecule has 0 aromatic heterocycles. The Bertz CT molecular complexity index is 43.7. The van der Waals surface area contributed by atoms with Crippen molar-refractivity contribution in [3.8, 4) is 0 Å². The van der Waals surface area contributed by atoms with E-state index in [0.29, 0.717) is 13.1 Å². The van der Waals surface area contributed by atoms with E-state index in [4.69, 9.17) is 0 Å². The molecule has 8 heavy (non-hydrogen) atoms. The van der Waals surface area contributed by atoms with Gasteiger partial charge in [0.05, 0.1) is 0 Å². The van der Waals surface area contributed by atoms with Crippen molar-refractivity contribution in [2.24, 2.45) is 0 Å². The van der Waals surface area contributed by atoms with Gasteiger partial charge < -0.3 is 10.6 Å². The smallest absolute Gasteiger partial charge is 0.125 e. The molecule has 2 N–H and O–H groups in total. The van der Waals surface area contributed by atoms with E-state index in [2.05, 4.69) is 10.6 Å². The first-order chi connectivity index (χ1) is 3.81. The second-order valence-corrected chi connectivity index (χ2v) is 1.71. The lowest BCUT2D eigenvalue weighted by Gasteiger charge is -2.04. The van der Waals surface area contributed by atoms with Crippen molar-refractivity contribution in [3.63, 3.8) is 0 Å². The van der Waals surface area contributed by atoms with Crippen LogP contribution in [0.2, 0.25) is 0 Å². The van der Waals surface area contributed by atoms with Crippen LogP contribution in [0.1, 0.15) is 0 Å². The van der Waals surface area contributed by atoms with Crippen molar-refractivity contribution in [2.75, 3.05) is 27.2 Å². The third-order valence-electron chi connectivity index (χ3n) is 0.851. The fourth-order valence-corrected chi connectivity index (χ4v) is 0.515. The van der Waals surface area contributed by atoms with E-state index in [1.165, 1.54) is 0 Å². The highest BCUT2D eigenvalue weighted by atomic mass is 19.1. The van der Waals surface area contributed by atoms with Crippen LogP contribution >= 0.6 is 0 Å². The first kappa shape index (κ1) is 7.85. The molecule has 0 saturated carbocycles. The van der Waals surface area contributed by atoms with Gasteiger partial charge in [-0.1, -0.05) is 0 Å². The molecule has 0 aromatic carbocycles. The minimum atomic E-state index is -0.759. The Morgan fingerprint density at radius 1 is 1.25 bits per heavy atom. The van der Waals surface area contributed by atoms with Crippen molar-refractivity contribution in [2.45, 2.75) is 6.17 Å². The van der Waals surface area contributed by atoms with Crippen molar-refractivity contribution >= 4 is 0 Å². The van der Waals surface area contributed by atoms with Crippen LogP contribution < -0.4 is 10.6 Å². The fraction of sp³-hybridized carbons (Fsp3) is 1.00. The fourth-order valence-electron chi connectivity index (χ4n) is 0.515. The average Bonchev–Trinajstić information content (AvgIpc) is 1.68. The van der Waals surface area contributed by atoms with Gasteiger partial charge in [-0.25, -0.2) is 4.39 Å². The molecular weight excluding hydrogens is 107 g/mol. The monoisotopic (exact) mass is 120 g/mol. The van der Waals surface area contributed by atoms with Gasteiger partial charge in [0.15, 0.2) is 0 Å². The van der Waals surface area contributed by atoms with Gasteiger partial charge in [-0.2, -0.15) is 0 Å². The topological polar surface area (TPSA) is 24.1 Å². The Balaban J connectivity index is 2.92. The maximum atomic E-state index is 12.3. The quantitative estimate of drug-likeness (QED) is 0.535. The van der Waals surface area contributed by atoms with Gasteiger partial charge in [-0.15, -0.1) is 0 Å². The second kappa shape index (κ2) is 5.00. The second-order valence-electron chi connectivity index (χ2n) is 1.71. The Morgan fingerprint density at radius 3 is 1.88 bits per heavy atom. The van der Waals surface area contributed by atoms with E-state index < -0.39 is 6.17 Å². The van der Waals surface area contributed by atoms with Crippen LogP contribution in [0.4, 0.5) is 4.39 Å². The summed E-state index contributed by atoms with van der Waals surface area (Å²) in [5.41, 5.74) is 0. The van der Waals surface area contributed by atoms with E-state index in [1.807, 2.05) is 0 Å². The molecular formula is C5H13FN2. The van der Waals surface area contributed by atoms with Crippen LogP contribution in [0, 0.1) is 0 Å². The highest BCUT2D eigenvalue weighted by Crippen LogP contribution is 1.82. The van der Waals surface area contributed by atoms with E-state index in [1.54, 1.807) is 14.1 Å². The van der Waals surface area contributed by atoms with Crippen LogP contribution in [-0.2, 0) is 0 Å². The Labute approximate surface area is 49.5 Å². The van der Waals surface area contributed by atoms with Crippen molar-refractivity contribution in [3.05, 3.63) is 0 Å². The largest absolute Gasteiger partial charge is 0.317 e. The summed E-state index contributed by atoms with van der Waals surface area (Å²) in [6.07, 6.45) is -0.759. The first-order valence-electron chi connectivity index (χ1n) is 2.74. The van der Waals surface area contributed by atoms with Gasteiger partial charge in [0, 0.05) is 13.1 Å². The molecule has 0 unspecified atom stereocenters. The molecule has 0 atom stereocenters. The van der Waals surface area contributed by atoms with Gasteiger partial charge >= 0.3 is 0 Å². The molecule has 0 radical (unpaired) electrons. The predicted octanol–water partition coefficient (Wildman–Crippen LogP) is -0.237. The highest BCUT2D eigenvalue weighted by molar-refractivity contribution is 4.58. The minimum absolute atomic E-state index is 0.431. The summed E-state index contributed by atoms with van der Waals surface area (Å²) < 4.78 is 12.3. The lowest BCUT2D eigenvalue weighted by molar-refractivity contribution is 0.319. The summed E-state index contributed by atoms with van der Waals surface area (Å²) in [5, 5.41) is 5.47. The minimum Gasteiger partial charge on any atom is -0.317 e. The third kappa shape index (κ3) is 4.02. The van der Waals surface area contributed by atoms with Crippen LogP contribution in [0.5, 0.6) is 0 Å². The Kier molecular flexibility index (Phi) is 4.90. The number of nitrogens with one attached hydrogen (secondary N) is 2. The van der Waals surface area contributed by atoms with Gasteiger partial charge in [-0.3, -0.25) is 0 Å². The summed E-state index contributed by atoms with van der Waals surface area (Å²) >= 11 is 0. The van der Waals surface area contributed by atoms with Crippen LogP contribution in [0.15, 0.2) is 0 Å². The lowest BCUT2D eigenvalue weighted by Crippen LogP contribution is -2.28. The van der Waals surface area contributed by atoms with E-state index in [0.717, 1.165) is 0 Å². The zero-order chi connectivity index (χ0) is 6.41. The molecule has 0 rings (SSSR count). The van der Waals surface area contributed by atoms with Crippen molar-refractivity contribution in [1.82, 2.24) is 10.6 Å². The van der Waals surface area contributed by atoms with Gasteiger partial charge in [0.25, 0.3) is 0 Å². The van der Waals surface area contributed by atoms with E-state index >= 15 is 0 Å². The molecule has 0 aromatic rings. The third-order valence-corrected chi connectivity index (χ3v) is 0.851. The zero-order valence-electron chi connectivity index (χ0n) is 5.37. The summed E-state index contributed by atoms with van der Waals surface area (Å²) in [6, 6.07) is 0. The number of hydrogen-bond acceptors (Lipinski definition) is 2. The van der Waals surface area contributed by atoms with Crippen LogP contribution in [-0.4, -0.2) is 33.4 Å². The molecule has 0 aliphatic carbocycles. The number of alkyl halides is 1. The molecule has 3 heteroatoms. The van der Waals surface area contributed by atoms with E-state index in [-0.39, 0.29) is 0 Å². The first-order valence-corrected chi connectivity index (χ1v) is 2.74. The van der Waals surface area contributed by atoms with Crippen molar-refractivity contribution in [1.29, 1.82) is 0 Å². The van der Waals surface area contributed by atoms with Gasteiger partial charge in [0.2, 0.25) is 0 Å². The molecule has 0 amide bonds. The summed E-state index contributed by atoms with van der Waals surface area (Å²) in [5.74, 6) is 0. The zero-order valence-corrected chi connectivity index (χ0v) is 5.37. The Morgan fingerprint density at radius 2 is 1.62 bits per heavy atom. The summed E-state index contributed by atoms with van der Waals surface area (Å²) in [4.78, 5) is 0. The van der Waals surface area contributed by atoms with Crippen molar-refractivity contribution < 1.29 is 4.39 Å². The summed E-state index contributed by atoms with van der Waals surface area (Å²) in [7, 11) is 3.48. The van der Waals surface area contributed by atoms with Gasteiger partial charge in [-0.05, 0) is 14.1 Å². The summed E-state index contributed by atoms with van der Waals surface area (Å²) in [6.45, 7) is 0.863.